The molecular formula is C43H26N4O. The summed E-state index contributed by atoms with van der Waals surface area (Å²) < 4.78 is 8.83. The maximum atomic E-state index is 6.70. The molecule has 0 fully saturated rings. The van der Waals surface area contributed by atoms with E-state index in [9.17, 15) is 0 Å². The number of furan rings is 1. The lowest BCUT2D eigenvalue weighted by Gasteiger charge is -2.11. The average molecular weight is 615 g/mol. The number of benzene rings is 7. The number of nitrogens with zero attached hydrogens (tertiary/aromatic N) is 4. The van der Waals surface area contributed by atoms with Gasteiger partial charge in [0.25, 0.3) is 0 Å². The second kappa shape index (κ2) is 10.5. The van der Waals surface area contributed by atoms with Gasteiger partial charge in [0.05, 0.1) is 16.6 Å². The van der Waals surface area contributed by atoms with E-state index >= 15 is 0 Å². The fraction of sp³-hybridized carbons (Fsp3) is 0. The summed E-state index contributed by atoms with van der Waals surface area (Å²) in [5.74, 6) is 1.71. The van der Waals surface area contributed by atoms with Crippen LogP contribution in [-0.2, 0) is 0 Å². The van der Waals surface area contributed by atoms with E-state index in [-0.39, 0.29) is 0 Å². The summed E-state index contributed by atoms with van der Waals surface area (Å²) in [4.78, 5) is 15.4. The van der Waals surface area contributed by atoms with Crippen molar-refractivity contribution in [2.45, 2.75) is 0 Å². The Hall–Kier alpha value is -6.59. The summed E-state index contributed by atoms with van der Waals surface area (Å²) in [7, 11) is 0. The van der Waals surface area contributed by atoms with Crippen LogP contribution in [0.5, 0.6) is 0 Å². The minimum atomic E-state index is 0.553. The van der Waals surface area contributed by atoms with Gasteiger partial charge >= 0.3 is 0 Å². The topological polar surface area (TPSA) is 56.7 Å². The highest BCUT2D eigenvalue weighted by molar-refractivity contribution is 6.15. The lowest BCUT2D eigenvalue weighted by atomic mass is 9.96. The van der Waals surface area contributed by atoms with Crippen molar-refractivity contribution in [3.8, 4) is 39.9 Å². The van der Waals surface area contributed by atoms with Gasteiger partial charge in [0.15, 0.2) is 11.6 Å². The van der Waals surface area contributed by atoms with Crippen molar-refractivity contribution in [3.05, 3.63) is 158 Å². The zero-order valence-corrected chi connectivity index (χ0v) is 25.7. The van der Waals surface area contributed by atoms with Crippen molar-refractivity contribution in [3.63, 3.8) is 0 Å². The molecule has 7 aromatic carbocycles. The van der Waals surface area contributed by atoms with Gasteiger partial charge in [0.1, 0.15) is 11.2 Å². The summed E-state index contributed by atoms with van der Waals surface area (Å²) in [6, 6.07) is 54.5. The third kappa shape index (κ3) is 4.08. The molecule has 3 heterocycles. The summed E-state index contributed by atoms with van der Waals surface area (Å²) in [6.45, 7) is 0. The van der Waals surface area contributed by atoms with Crippen molar-refractivity contribution >= 4 is 54.5 Å². The van der Waals surface area contributed by atoms with Gasteiger partial charge in [-0.2, -0.15) is 9.97 Å². The molecule has 0 saturated heterocycles. The molecule has 10 rings (SSSR count). The number of aromatic nitrogens is 4. The molecule has 0 aliphatic carbocycles. The zero-order chi connectivity index (χ0) is 31.6. The highest BCUT2D eigenvalue weighted by Gasteiger charge is 2.21. The summed E-state index contributed by atoms with van der Waals surface area (Å²) >= 11 is 0. The monoisotopic (exact) mass is 614 g/mol. The number of rotatable bonds is 4. The molecule has 5 nitrogen and oxygen atoms in total. The molecule has 0 N–H and O–H groups in total. The summed E-state index contributed by atoms with van der Waals surface area (Å²) in [6.07, 6.45) is 0. The van der Waals surface area contributed by atoms with E-state index in [1.165, 1.54) is 10.8 Å². The van der Waals surface area contributed by atoms with Gasteiger partial charge < -0.3 is 4.42 Å². The molecule has 0 atom stereocenters. The van der Waals surface area contributed by atoms with Crippen LogP contribution in [0.25, 0.3) is 94.4 Å². The second-order valence-corrected chi connectivity index (χ2v) is 12.0. The number of hydrogen-bond donors (Lipinski definition) is 0. The molecule has 5 heteroatoms. The number of hydrogen-bond acceptors (Lipinski definition) is 4. The van der Waals surface area contributed by atoms with Gasteiger partial charge in [-0.15, -0.1) is 0 Å². The van der Waals surface area contributed by atoms with Crippen molar-refractivity contribution in [1.82, 2.24) is 19.5 Å². The first kappa shape index (κ1) is 26.6. The molecule has 0 unspecified atom stereocenters. The van der Waals surface area contributed by atoms with Crippen molar-refractivity contribution in [2.24, 2.45) is 0 Å². The Labute approximate surface area is 275 Å². The molecule has 224 valence electrons. The van der Waals surface area contributed by atoms with Crippen LogP contribution < -0.4 is 0 Å². The Kier molecular flexibility index (Phi) is 5.81. The molecule has 0 spiro atoms. The standard InChI is InChI=1S/C43H26N4O/c1-2-13-28(14-3-1)41-44-42(46-43(45-41)47-36-21-8-6-16-32(36)33-17-7-9-22-37(33)47)35-20-10-19-34-39-31(18-11-23-38(39)48-40(34)35)30-25-24-27-12-4-5-15-29(27)26-30/h1-26H. The van der Waals surface area contributed by atoms with E-state index in [0.29, 0.717) is 17.6 Å². The van der Waals surface area contributed by atoms with E-state index in [1.807, 2.05) is 42.5 Å². The highest BCUT2D eigenvalue weighted by Crippen LogP contribution is 2.41. The molecular weight excluding hydrogens is 589 g/mol. The first-order valence-electron chi connectivity index (χ1n) is 16.0. The molecule has 0 bridgehead atoms. The van der Waals surface area contributed by atoms with Gasteiger partial charge in [-0.1, -0.05) is 127 Å². The first-order chi connectivity index (χ1) is 23.8. The van der Waals surface area contributed by atoms with E-state index in [1.54, 1.807) is 0 Å². The Morgan fingerprint density at radius 1 is 0.438 bits per heavy atom. The minimum Gasteiger partial charge on any atom is -0.455 e. The fourth-order valence-corrected chi connectivity index (χ4v) is 7.06. The van der Waals surface area contributed by atoms with Crippen molar-refractivity contribution < 1.29 is 4.42 Å². The quantitative estimate of drug-likeness (QED) is 0.198. The minimum absolute atomic E-state index is 0.553. The van der Waals surface area contributed by atoms with E-state index in [0.717, 1.165) is 66.0 Å². The van der Waals surface area contributed by atoms with Gasteiger partial charge in [0, 0.05) is 27.1 Å². The Morgan fingerprint density at radius 2 is 1.08 bits per heavy atom. The molecule has 0 aliphatic rings. The molecule has 48 heavy (non-hydrogen) atoms. The summed E-state index contributed by atoms with van der Waals surface area (Å²) in [5.41, 5.74) is 7.65. The van der Waals surface area contributed by atoms with Crippen LogP contribution in [0.3, 0.4) is 0 Å². The predicted molar refractivity (Wildman–Crippen MR) is 195 cm³/mol. The lowest BCUT2D eigenvalue weighted by Crippen LogP contribution is -2.06. The van der Waals surface area contributed by atoms with E-state index in [4.69, 9.17) is 19.4 Å². The Morgan fingerprint density at radius 3 is 1.90 bits per heavy atom. The third-order valence-electron chi connectivity index (χ3n) is 9.26. The van der Waals surface area contributed by atoms with Crippen LogP contribution in [0.4, 0.5) is 0 Å². The maximum Gasteiger partial charge on any atom is 0.238 e. The summed E-state index contributed by atoms with van der Waals surface area (Å²) in [5, 5.41) is 6.82. The first-order valence-corrected chi connectivity index (χ1v) is 16.0. The molecule has 0 amide bonds. The molecule has 3 aromatic heterocycles. The SMILES string of the molecule is c1ccc(-c2nc(-c3cccc4c3oc3cccc(-c5ccc6ccccc6c5)c34)nc(-n3c4ccccc4c4ccccc43)n2)cc1. The average Bonchev–Trinajstić information content (AvgIpc) is 3.71. The van der Waals surface area contributed by atoms with Crippen LogP contribution in [-0.4, -0.2) is 19.5 Å². The molecule has 0 aliphatic heterocycles. The van der Waals surface area contributed by atoms with Crippen LogP contribution in [0.2, 0.25) is 0 Å². The lowest BCUT2D eigenvalue weighted by molar-refractivity contribution is 0.669. The predicted octanol–water partition coefficient (Wildman–Crippen LogP) is 11.0. The number of fused-ring (bicyclic) bond motifs is 7. The highest BCUT2D eigenvalue weighted by atomic mass is 16.3. The van der Waals surface area contributed by atoms with Gasteiger partial charge in [-0.25, -0.2) is 4.98 Å². The van der Waals surface area contributed by atoms with Crippen LogP contribution in [0, 0.1) is 0 Å². The third-order valence-corrected chi connectivity index (χ3v) is 9.26. The Bertz CT molecular complexity index is 2800. The molecule has 0 radical (unpaired) electrons. The van der Waals surface area contributed by atoms with Crippen LogP contribution in [0.15, 0.2) is 162 Å². The second-order valence-electron chi connectivity index (χ2n) is 12.0. The van der Waals surface area contributed by atoms with Gasteiger partial charge in [0.2, 0.25) is 5.95 Å². The fourth-order valence-electron chi connectivity index (χ4n) is 7.06. The largest absolute Gasteiger partial charge is 0.455 e. The molecule has 10 aromatic rings. The van der Waals surface area contributed by atoms with Crippen molar-refractivity contribution in [2.75, 3.05) is 0 Å². The zero-order valence-electron chi connectivity index (χ0n) is 25.7. The molecule has 0 saturated carbocycles. The van der Waals surface area contributed by atoms with Gasteiger partial charge in [-0.05, 0) is 52.2 Å². The smallest absolute Gasteiger partial charge is 0.238 e. The van der Waals surface area contributed by atoms with Crippen LogP contribution in [0.1, 0.15) is 0 Å². The van der Waals surface area contributed by atoms with E-state index < -0.39 is 0 Å². The number of para-hydroxylation sites is 3. The maximum absolute atomic E-state index is 6.70. The Balaban J connectivity index is 1.24. The van der Waals surface area contributed by atoms with E-state index in [2.05, 4.69) is 120 Å². The van der Waals surface area contributed by atoms with Gasteiger partial charge in [-0.3, -0.25) is 4.57 Å². The normalized spacial score (nSPS) is 11.8. The van der Waals surface area contributed by atoms with Crippen LogP contribution >= 0.6 is 0 Å². The van der Waals surface area contributed by atoms with Crippen molar-refractivity contribution in [1.29, 1.82) is 0 Å².